The summed E-state index contributed by atoms with van der Waals surface area (Å²) in [6.45, 7) is 2.15. The summed E-state index contributed by atoms with van der Waals surface area (Å²) >= 11 is 0. The van der Waals surface area contributed by atoms with E-state index in [1.807, 2.05) is 0 Å². The highest BCUT2D eigenvalue weighted by molar-refractivity contribution is 7.89. The molecule has 0 unspecified atom stereocenters. The average molecular weight is 268 g/mol. The zero-order valence-electron chi connectivity index (χ0n) is 10.7. The van der Waals surface area contributed by atoms with Crippen LogP contribution < -0.4 is 4.83 Å². The summed E-state index contributed by atoms with van der Waals surface area (Å²) in [6, 6.07) is 8.22. The Hall–Kier alpha value is -1.36. The van der Waals surface area contributed by atoms with E-state index in [1.165, 1.54) is 12.8 Å². The maximum absolute atomic E-state index is 11.7. The Morgan fingerprint density at radius 3 is 2.56 bits per heavy atom. The normalized spacial score (nSPS) is 11.8. The Morgan fingerprint density at radius 2 is 1.89 bits per heavy atom. The van der Waals surface area contributed by atoms with Crippen LogP contribution in [-0.4, -0.2) is 14.6 Å². The van der Waals surface area contributed by atoms with Crippen LogP contribution in [-0.2, 0) is 10.0 Å². The second-order valence-electron chi connectivity index (χ2n) is 4.07. The molecular formula is C13H20N2O2S. The maximum Gasteiger partial charge on any atom is 0.276 e. The molecule has 4 nitrogen and oxygen atoms in total. The van der Waals surface area contributed by atoms with Gasteiger partial charge in [-0.3, -0.25) is 0 Å². The third-order valence-electron chi connectivity index (χ3n) is 2.50. The van der Waals surface area contributed by atoms with Crippen molar-refractivity contribution in [1.29, 1.82) is 0 Å². The summed E-state index contributed by atoms with van der Waals surface area (Å²) in [7, 11) is -3.51. The number of hydrogen-bond acceptors (Lipinski definition) is 3. The molecular weight excluding hydrogens is 248 g/mol. The van der Waals surface area contributed by atoms with Gasteiger partial charge in [-0.1, -0.05) is 44.4 Å². The lowest BCUT2D eigenvalue weighted by Gasteiger charge is -2.02. The van der Waals surface area contributed by atoms with Gasteiger partial charge in [0.1, 0.15) is 0 Å². The van der Waals surface area contributed by atoms with E-state index < -0.39 is 10.0 Å². The molecule has 0 bridgehead atoms. The smallest absolute Gasteiger partial charge is 0.200 e. The van der Waals surface area contributed by atoms with E-state index in [2.05, 4.69) is 16.9 Å². The predicted octanol–water partition coefficient (Wildman–Crippen LogP) is 2.92. The lowest BCUT2D eigenvalue weighted by molar-refractivity contribution is 0.584. The number of hydrazone groups is 1. The number of nitrogens with zero attached hydrogens (tertiary/aromatic N) is 1. The van der Waals surface area contributed by atoms with Gasteiger partial charge < -0.3 is 0 Å². The first kappa shape index (κ1) is 14.7. The molecule has 0 spiro atoms. The van der Waals surface area contributed by atoms with Gasteiger partial charge >= 0.3 is 0 Å². The molecule has 1 N–H and O–H groups in total. The minimum absolute atomic E-state index is 0.230. The van der Waals surface area contributed by atoms with Crippen LogP contribution in [0.5, 0.6) is 0 Å². The molecule has 0 aliphatic heterocycles. The topological polar surface area (TPSA) is 58.5 Å². The molecule has 18 heavy (non-hydrogen) atoms. The largest absolute Gasteiger partial charge is 0.276 e. The number of benzene rings is 1. The van der Waals surface area contributed by atoms with Crippen molar-refractivity contribution in [2.45, 2.75) is 43.9 Å². The molecule has 0 saturated carbocycles. The third-order valence-corrected chi connectivity index (χ3v) is 3.74. The van der Waals surface area contributed by atoms with Gasteiger partial charge in [0.25, 0.3) is 10.0 Å². The molecule has 0 aliphatic rings. The molecule has 0 aromatic heterocycles. The fourth-order valence-electron chi connectivity index (χ4n) is 1.49. The number of nitrogens with one attached hydrogen (secondary N) is 1. The van der Waals surface area contributed by atoms with Crippen LogP contribution in [0, 0.1) is 0 Å². The molecule has 0 fully saturated rings. The summed E-state index contributed by atoms with van der Waals surface area (Å²) in [4.78, 5) is 2.44. The minimum Gasteiger partial charge on any atom is -0.200 e. The molecule has 0 aliphatic carbocycles. The van der Waals surface area contributed by atoms with Crippen molar-refractivity contribution < 1.29 is 8.42 Å². The second kappa shape index (κ2) is 7.87. The number of sulfonamides is 1. The molecule has 0 atom stereocenters. The molecule has 5 heteroatoms. The zero-order valence-corrected chi connectivity index (χ0v) is 11.5. The van der Waals surface area contributed by atoms with E-state index >= 15 is 0 Å². The summed E-state index contributed by atoms with van der Waals surface area (Å²) in [5.41, 5.74) is 0. The Labute approximate surface area is 109 Å². The molecule has 1 aromatic rings. The lowest BCUT2D eigenvalue weighted by Crippen LogP contribution is -2.18. The summed E-state index contributed by atoms with van der Waals surface area (Å²) < 4.78 is 23.5. The van der Waals surface area contributed by atoms with E-state index in [0.29, 0.717) is 0 Å². The van der Waals surface area contributed by atoms with Gasteiger partial charge in [0.15, 0.2) is 0 Å². The van der Waals surface area contributed by atoms with Crippen molar-refractivity contribution in [2.75, 3.05) is 0 Å². The van der Waals surface area contributed by atoms with Crippen LogP contribution >= 0.6 is 0 Å². The third kappa shape index (κ3) is 5.31. The average Bonchev–Trinajstić information content (AvgIpc) is 2.39. The minimum atomic E-state index is -3.51. The van der Waals surface area contributed by atoms with Gasteiger partial charge in [0.05, 0.1) is 4.90 Å². The highest BCUT2D eigenvalue weighted by Crippen LogP contribution is 2.06. The molecule has 1 rings (SSSR count). The SMILES string of the molecule is CCCCCCC=NNS(=O)(=O)c1ccccc1. The fraction of sp³-hybridized carbons (Fsp3) is 0.462. The second-order valence-corrected chi connectivity index (χ2v) is 5.73. The van der Waals surface area contributed by atoms with Crippen molar-refractivity contribution in [1.82, 2.24) is 4.83 Å². The quantitative estimate of drug-likeness (QED) is 0.448. The predicted molar refractivity (Wildman–Crippen MR) is 74.0 cm³/mol. The highest BCUT2D eigenvalue weighted by atomic mass is 32.2. The van der Waals surface area contributed by atoms with Crippen LogP contribution in [0.15, 0.2) is 40.3 Å². The Balaban J connectivity index is 2.36. The molecule has 1 aromatic carbocycles. The van der Waals surface area contributed by atoms with E-state index in [-0.39, 0.29) is 4.90 Å². The van der Waals surface area contributed by atoms with E-state index in [1.54, 1.807) is 36.5 Å². The van der Waals surface area contributed by atoms with E-state index in [4.69, 9.17) is 0 Å². The van der Waals surface area contributed by atoms with Gasteiger partial charge in [-0.05, 0) is 25.0 Å². The first-order valence-electron chi connectivity index (χ1n) is 6.25. The molecule has 0 amide bonds. The first-order chi connectivity index (χ1) is 8.67. The van der Waals surface area contributed by atoms with Gasteiger partial charge in [0, 0.05) is 6.21 Å². The summed E-state index contributed by atoms with van der Waals surface area (Å²) in [6.07, 6.45) is 7.03. The first-order valence-corrected chi connectivity index (χ1v) is 7.73. The Kier molecular flexibility index (Phi) is 6.43. The number of unbranched alkanes of at least 4 members (excludes halogenated alkanes) is 4. The monoisotopic (exact) mass is 268 g/mol. The standard InChI is InChI=1S/C13H20N2O2S/c1-2-3-4-5-9-12-14-15-18(16,17)13-10-7-6-8-11-13/h6-8,10-12,15H,2-5,9H2,1H3. The Morgan fingerprint density at radius 1 is 1.17 bits per heavy atom. The molecule has 100 valence electrons. The number of hydrogen-bond donors (Lipinski definition) is 1. The van der Waals surface area contributed by atoms with Crippen molar-refractivity contribution in [3.63, 3.8) is 0 Å². The van der Waals surface area contributed by atoms with Gasteiger partial charge in [-0.15, -0.1) is 0 Å². The number of rotatable bonds is 8. The fourth-order valence-corrected chi connectivity index (χ4v) is 2.32. The Bertz CT molecular complexity index is 455. The van der Waals surface area contributed by atoms with Gasteiger partial charge in [-0.2, -0.15) is 13.5 Å². The van der Waals surface area contributed by atoms with Crippen LogP contribution in [0.25, 0.3) is 0 Å². The van der Waals surface area contributed by atoms with Crippen LogP contribution in [0.1, 0.15) is 39.0 Å². The van der Waals surface area contributed by atoms with Crippen molar-refractivity contribution in [3.8, 4) is 0 Å². The van der Waals surface area contributed by atoms with Crippen molar-refractivity contribution in [3.05, 3.63) is 30.3 Å². The van der Waals surface area contributed by atoms with Crippen LogP contribution in [0.2, 0.25) is 0 Å². The summed E-state index contributed by atoms with van der Waals surface area (Å²) in [5, 5.41) is 3.75. The van der Waals surface area contributed by atoms with Crippen LogP contribution in [0.3, 0.4) is 0 Å². The maximum atomic E-state index is 11.7. The molecule has 0 saturated heterocycles. The van der Waals surface area contributed by atoms with E-state index in [9.17, 15) is 8.42 Å². The van der Waals surface area contributed by atoms with Gasteiger partial charge in [-0.25, -0.2) is 4.83 Å². The van der Waals surface area contributed by atoms with Gasteiger partial charge in [0.2, 0.25) is 0 Å². The van der Waals surface area contributed by atoms with E-state index in [0.717, 1.165) is 19.3 Å². The van der Waals surface area contributed by atoms with Crippen LogP contribution in [0.4, 0.5) is 0 Å². The molecule has 0 radical (unpaired) electrons. The zero-order chi connectivity index (χ0) is 13.3. The summed E-state index contributed by atoms with van der Waals surface area (Å²) in [5.74, 6) is 0. The molecule has 0 heterocycles. The van der Waals surface area contributed by atoms with Crippen molar-refractivity contribution >= 4 is 16.2 Å². The lowest BCUT2D eigenvalue weighted by atomic mass is 10.2. The van der Waals surface area contributed by atoms with Crippen molar-refractivity contribution in [2.24, 2.45) is 5.10 Å². The highest BCUT2D eigenvalue weighted by Gasteiger charge is 2.10.